The van der Waals surface area contributed by atoms with Crippen molar-refractivity contribution >= 4 is 28.9 Å². The van der Waals surface area contributed by atoms with Gasteiger partial charge >= 0.3 is 0 Å². The summed E-state index contributed by atoms with van der Waals surface area (Å²) in [6.45, 7) is 1.98. The van der Waals surface area contributed by atoms with Gasteiger partial charge in [-0.15, -0.1) is 0 Å². The number of hydrogen-bond acceptors (Lipinski definition) is 3. The van der Waals surface area contributed by atoms with Crippen LogP contribution in [0.15, 0.2) is 48.5 Å². The summed E-state index contributed by atoms with van der Waals surface area (Å²) in [6, 6.07) is 14.6. The van der Waals surface area contributed by atoms with Gasteiger partial charge < -0.3 is 15.5 Å². The first-order valence-corrected chi connectivity index (χ1v) is 7.98. The van der Waals surface area contributed by atoms with Crippen LogP contribution in [0.1, 0.15) is 16.8 Å². The smallest absolute Gasteiger partial charge is 0.255 e. The molecule has 0 aliphatic heterocycles. The van der Waals surface area contributed by atoms with Crippen molar-refractivity contribution in [3.05, 3.63) is 59.1 Å². The zero-order valence-electron chi connectivity index (χ0n) is 13.5. The highest BCUT2D eigenvalue weighted by Gasteiger charge is 2.06. The average Bonchev–Trinajstić information content (AvgIpc) is 2.53. The van der Waals surface area contributed by atoms with Crippen molar-refractivity contribution in [1.82, 2.24) is 4.90 Å². The molecule has 0 saturated heterocycles. The molecule has 0 fully saturated rings. The Morgan fingerprint density at radius 3 is 2.43 bits per heavy atom. The summed E-state index contributed by atoms with van der Waals surface area (Å²) in [5.41, 5.74) is 2.35. The Bertz CT molecular complexity index is 641. The molecule has 122 valence electrons. The van der Waals surface area contributed by atoms with Gasteiger partial charge in [-0.3, -0.25) is 4.79 Å². The van der Waals surface area contributed by atoms with E-state index in [1.54, 1.807) is 24.3 Å². The molecule has 2 aromatic rings. The Morgan fingerprint density at radius 1 is 1.09 bits per heavy atom. The van der Waals surface area contributed by atoms with E-state index in [1.165, 1.54) is 0 Å². The van der Waals surface area contributed by atoms with Gasteiger partial charge in [-0.1, -0.05) is 17.7 Å². The highest BCUT2D eigenvalue weighted by molar-refractivity contribution is 6.31. The molecule has 2 rings (SSSR count). The van der Waals surface area contributed by atoms with Crippen LogP contribution in [0.4, 0.5) is 11.4 Å². The van der Waals surface area contributed by atoms with Crippen LogP contribution in [-0.2, 0) is 0 Å². The molecular formula is C18H22ClN3O. The minimum atomic E-state index is -0.167. The predicted octanol–water partition coefficient (Wildman–Crippen LogP) is 3.96. The third-order valence-electron chi connectivity index (χ3n) is 3.34. The quantitative estimate of drug-likeness (QED) is 0.755. The van der Waals surface area contributed by atoms with E-state index in [4.69, 9.17) is 11.6 Å². The molecular weight excluding hydrogens is 310 g/mol. The molecule has 0 aromatic heterocycles. The number of anilines is 2. The topological polar surface area (TPSA) is 44.4 Å². The van der Waals surface area contributed by atoms with Crippen molar-refractivity contribution in [2.75, 3.05) is 37.8 Å². The van der Waals surface area contributed by atoms with Crippen LogP contribution in [0.2, 0.25) is 5.02 Å². The standard InChI is InChI=1S/C18H22ClN3O/c1-22(2)12-4-11-20-16-7-9-17(10-8-16)21-18(23)14-5-3-6-15(19)13-14/h3,5-10,13,20H,4,11-12H2,1-2H3,(H,21,23). The van der Waals surface area contributed by atoms with Crippen LogP contribution in [0.25, 0.3) is 0 Å². The second-order valence-corrected chi connectivity index (χ2v) is 6.06. The van der Waals surface area contributed by atoms with Gasteiger partial charge in [0.25, 0.3) is 5.91 Å². The number of nitrogens with zero attached hydrogens (tertiary/aromatic N) is 1. The van der Waals surface area contributed by atoms with Gasteiger partial charge in [0.05, 0.1) is 0 Å². The number of amides is 1. The van der Waals surface area contributed by atoms with Gasteiger partial charge in [-0.2, -0.15) is 0 Å². The van der Waals surface area contributed by atoms with Crippen molar-refractivity contribution in [3.8, 4) is 0 Å². The van der Waals surface area contributed by atoms with Crippen molar-refractivity contribution in [3.63, 3.8) is 0 Å². The van der Waals surface area contributed by atoms with Crippen molar-refractivity contribution in [1.29, 1.82) is 0 Å². The van der Waals surface area contributed by atoms with Gasteiger partial charge in [0.2, 0.25) is 0 Å². The first-order chi connectivity index (χ1) is 11.0. The van der Waals surface area contributed by atoms with E-state index in [0.29, 0.717) is 10.6 Å². The lowest BCUT2D eigenvalue weighted by molar-refractivity contribution is 0.102. The summed E-state index contributed by atoms with van der Waals surface area (Å²) in [5, 5.41) is 6.78. The highest BCUT2D eigenvalue weighted by atomic mass is 35.5. The Kier molecular flexibility index (Phi) is 6.44. The molecule has 1 amide bonds. The van der Waals surface area contributed by atoms with E-state index in [-0.39, 0.29) is 5.91 Å². The monoisotopic (exact) mass is 331 g/mol. The summed E-state index contributed by atoms with van der Waals surface area (Å²) >= 11 is 5.90. The van der Waals surface area contributed by atoms with E-state index >= 15 is 0 Å². The Labute approximate surface area is 142 Å². The van der Waals surface area contributed by atoms with E-state index in [9.17, 15) is 4.79 Å². The maximum Gasteiger partial charge on any atom is 0.255 e. The second kappa shape index (κ2) is 8.56. The molecule has 0 aliphatic carbocycles. The molecule has 0 bridgehead atoms. The van der Waals surface area contributed by atoms with Crippen LogP contribution in [0.5, 0.6) is 0 Å². The van der Waals surface area contributed by atoms with E-state index < -0.39 is 0 Å². The van der Waals surface area contributed by atoms with Crippen molar-refractivity contribution < 1.29 is 4.79 Å². The van der Waals surface area contributed by atoms with E-state index in [0.717, 1.165) is 30.9 Å². The Balaban J connectivity index is 1.86. The van der Waals surface area contributed by atoms with Gasteiger partial charge in [0, 0.05) is 28.5 Å². The van der Waals surface area contributed by atoms with Crippen LogP contribution in [0, 0.1) is 0 Å². The molecule has 0 unspecified atom stereocenters. The minimum absolute atomic E-state index is 0.167. The predicted molar refractivity (Wildman–Crippen MR) is 97.5 cm³/mol. The fourth-order valence-corrected chi connectivity index (χ4v) is 2.32. The molecule has 0 aliphatic rings. The fourth-order valence-electron chi connectivity index (χ4n) is 2.13. The summed E-state index contributed by atoms with van der Waals surface area (Å²) in [4.78, 5) is 14.3. The maximum absolute atomic E-state index is 12.1. The van der Waals surface area contributed by atoms with Crippen LogP contribution in [0.3, 0.4) is 0 Å². The largest absolute Gasteiger partial charge is 0.385 e. The Hall–Kier alpha value is -2.04. The minimum Gasteiger partial charge on any atom is -0.385 e. The van der Waals surface area contributed by atoms with Crippen LogP contribution >= 0.6 is 11.6 Å². The van der Waals surface area contributed by atoms with Gasteiger partial charge in [0.15, 0.2) is 0 Å². The summed E-state index contributed by atoms with van der Waals surface area (Å²) in [6.07, 6.45) is 1.08. The van der Waals surface area contributed by atoms with E-state index in [1.807, 2.05) is 24.3 Å². The van der Waals surface area contributed by atoms with Crippen molar-refractivity contribution in [2.24, 2.45) is 0 Å². The zero-order valence-corrected chi connectivity index (χ0v) is 14.2. The lowest BCUT2D eigenvalue weighted by Gasteiger charge is -2.11. The normalized spacial score (nSPS) is 10.6. The number of hydrogen-bond donors (Lipinski definition) is 2. The third kappa shape index (κ3) is 5.93. The molecule has 5 heteroatoms. The SMILES string of the molecule is CN(C)CCCNc1ccc(NC(=O)c2cccc(Cl)c2)cc1. The number of nitrogens with one attached hydrogen (secondary N) is 2. The average molecular weight is 332 g/mol. The van der Waals surface area contributed by atoms with Gasteiger partial charge in [-0.05, 0) is 69.5 Å². The first kappa shape index (κ1) is 17.3. The molecule has 0 atom stereocenters. The number of benzene rings is 2. The molecule has 23 heavy (non-hydrogen) atoms. The first-order valence-electron chi connectivity index (χ1n) is 7.60. The number of carbonyl (C=O) groups excluding carboxylic acids is 1. The van der Waals surface area contributed by atoms with Gasteiger partial charge in [0.1, 0.15) is 0 Å². The number of rotatable bonds is 7. The lowest BCUT2D eigenvalue weighted by Crippen LogP contribution is -2.16. The fraction of sp³-hybridized carbons (Fsp3) is 0.278. The molecule has 0 spiro atoms. The molecule has 4 nitrogen and oxygen atoms in total. The molecule has 0 radical (unpaired) electrons. The highest BCUT2D eigenvalue weighted by Crippen LogP contribution is 2.16. The molecule has 0 heterocycles. The lowest BCUT2D eigenvalue weighted by atomic mass is 10.2. The third-order valence-corrected chi connectivity index (χ3v) is 3.58. The second-order valence-electron chi connectivity index (χ2n) is 5.63. The Morgan fingerprint density at radius 2 is 1.78 bits per heavy atom. The molecule has 2 aromatic carbocycles. The zero-order chi connectivity index (χ0) is 16.7. The van der Waals surface area contributed by atoms with Crippen LogP contribution < -0.4 is 10.6 Å². The number of carbonyl (C=O) groups is 1. The van der Waals surface area contributed by atoms with Crippen molar-refractivity contribution in [2.45, 2.75) is 6.42 Å². The van der Waals surface area contributed by atoms with Gasteiger partial charge in [-0.25, -0.2) is 0 Å². The van der Waals surface area contributed by atoms with Crippen LogP contribution in [-0.4, -0.2) is 38.0 Å². The summed E-state index contributed by atoms with van der Waals surface area (Å²) in [7, 11) is 4.13. The maximum atomic E-state index is 12.1. The molecule has 2 N–H and O–H groups in total. The summed E-state index contributed by atoms with van der Waals surface area (Å²) in [5.74, 6) is -0.167. The molecule has 0 saturated carbocycles. The van der Waals surface area contributed by atoms with E-state index in [2.05, 4.69) is 29.6 Å². The number of halogens is 1. The summed E-state index contributed by atoms with van der Waals surface area (Å²) < 4.78 is 0.